The lowest BCUT2D eigenvalue weighted by molar-refractivity contribution is -0.148. The maximum absolute atomic E-state index is 11.0. The molecule has 0 spiro atoms. The number of hydrogen-bond acceptors (Lipinski definition) is 2. The van der Waals surface area contributed by atoms with Crippen LogP contribution in [0.4, 0.5) is 0 Å². The van der Waals surface area contributed by atoms with E-state index in [9.17, 15) is 4.79 Å². The fourth-order valence-electron chi connectivity index (χ4n) is 0.730. The SMILES string of the molecule is CCC(C)OC(=O)CCCCCl. The van der Waals surface area contributed by atoms with E-state index in [4.69, 9.17) is 16.3 Å². The van der Waals surface area contributed by atoms with E-state index >= 15 is 0 Å². The van der Waals surface area contributed by atoms with Crippen LogP contribution in [0.5, 0.6) is 0 Å². The molecule has 0 bridgehead atoms. The summed E-state index contributed by atoms with van der Waals surface area (Å²) in [6.45, 7) is 3.90. The first kappa shape index (κ1) is 11.8. The Morgan fingerprint density at radius 3 is 2.67 bits per heavy atom. The van der Waals surface area contributed by atoms with Gasteiger partial charge >= 0.3 is 5.97 Å². The van der Waals surface area contributed by atoms with Crippen molar-refractivity contribution in [3.05, 3.63) is 0 Å². The zero-order chi connectivity index (χ0) is 9.40. The first-order valence-electron chi connectivity index (χ1n) is 4.46. The largest absolute Gasteiger partial charge is 0.463 e. The topological polar surface area (TPSA) is 26.3 Å². The second-order valence-electron chi connectivity index (χ2n) is 2.85. The van der Waals surface area contributed by atoms with Gasteiger partial charge in [0.1, 0.15) is 0 Å². The number of unbranched alkanes of at least 4 members (excludes halogenated alkanes) is 1. The van der Waals surface area contributed by atoms with Crippen LogP contribution in [-0.2, 0) is 9.53 Å². The van der Waals surface area contributed by atoms with E-state index in [1.54, 1.807) is 0 Å². The van der Waals surface area contributed by atoms with Crippen molar-refractivity contribution in [1.29, 1.82) is 0 Å². The molecule has 0 radical (unpaired) electrons. The lowest BCUT2D eigenvalue weighted by Gasteiger charge is -2.09. The number of halogens is 1. The number of hydrogen-bond donors (Lipinski definition) is 0. The summed E-state index contributed by atoms with van der Waals surface area (Å²) in [4.78, 5) is 11.0. The predicted octanol–water partition coefficient (Wildman–Crippen LogP) is 2.74. The molecule has 0 rings (SSSR count). The van der Waals surface area contributed by atoms with Gasteiger partial charge in [0.15, 0.2) is 0 Å². The summed E-state index contributed by atoms with van der Waals surface area (Å²) in [6, 6.07) is 0. The second-order valence-corrected chi connectivity index (χ2v) is 3.23. The lowest BCUT2D eigenvalue weighted by Crippen LogP contribution is -2.13. The number of esters is 1. The van der Waals surface area contributed by atoms with Crippen LogP contribution in [0.15, 0.2) is 0 Å². The molecule has 0 fully saturated rings. The molecule has 0 aliphatic carbocycles. The van der Waals surface area contributed by atoms with E-state index in [2.05, 4.69) is 0 Å². The molecule has 0 N–H and O–H groups in total. The Balaban J connectivity index is 3.33. The zero-order valence-electron chi connectivity index (χ0n) is 7.81. The monoisotopic (exact) mass is 192 g/mol. The molecule has 3 heteroatoms. The summed E-state index contributed by atoms with van der Waals surface area (Å²) < 4.78 is 5.06. The molecule has 1 atom stereocenters. The van der Waals surface area contributed by atoms with Crippen LogP contribution >= 0.6 is 11.6 Å². The molecule has 0 aromatic heterocycles. The highest BCUT2D eigenvalue weighted by Crippen LogP contribution is 2.03. The summed E-state index contributed by atoms with van der Waals surface area (Å²) >= 11 is 5.47. The maximum atomic E-state index is 11.0. The molecule has 0 saturated heterocycles. The number of ether oxygens (including phenoxy) is 1. The minimum Gasteiger partial charge on any atom is -0.463 e. The Hall–Kier alpha value is -0.240. The molecule has 1 unspecified atom stereocenters. The number of carbonyl (C=O) groups is 1. The first-order chi connectivity index (χ1) is 5.70. The smallest absolute Gasteiger partial charge is 0.306 e. The van der Waals surface area contributed by atoms with Crippen molar-refractivity contribution >= 4 is 17.6 Å². The molecular weight excluding hydrogens is 176 g/mol. The van der Waals surface area contributed by atoms with Gasteiger partial charge in [-0.25, -0.2) is 0 Å². The highest BCUT2D eigenvalue weighted by molar-refractivity contribution is 6.17. The highest BCUT2D eigenvalue weighted by atomic mass is 35.5. The van der Waals surface area contributed by atoms with Crippen molar-refractivity contribution in [3.63, 3.8) is 0 Å². The van der Waals surface area contributed by atoms with Gasteiger partial charge in [0.2, 0.25) is 0 Å². The average molecular weight is 193 g/mol. The van der Waals surface area contributed by atoms with Crippen molar-refractivity contribution in [2.45, 2.75) is 45.6 Å². The quantitative estimate of drug-likeness (QED) is 0.368. The summed E-state index contributed by atoms with van der Waals surface area (Å²) in [7, 11) is 0. The van der Waals surface area contributed by atoms with Crippen LogP contribution < -0.4 is 0 Å². The molecule has 0 aliphatic heterocycles. The standard InChI is InChI=1S/C9H17ClO2/c1-3-8(2)12-9(11)6-4-5-7-10/h8H,3-7H2,1-2H3. The van der Waals surface area contributed by atoms with Crippen LogP contribution in [0.3, 0.4) is 0 Å². The molecule has 0 heterocycles. The minimum atomic E-state index is -0.102. The highest BCUT2D eigenvalue weighted by Gasteiger charge is 2.06. The Bertz CT molecular complexity index is 126. The van der Waals surface area contributed by atoms with Crippen LogP contribution in [-0.4, -0.2) is 18.0 Å². The Morgan fingerprint density at radius 2 is 2.17 bits per heavy atom. The third-order valence-electron chi connectivity index (χ3n) is 1.67. The molecule has 0 aromatic rings. The molecule has 0 aromatic carbocycles. The van der Waals surface area contributed by atoms with E-state index < -0.39 is 0 Å². The molecule has 0 amide bonds. The fourth-order valence-corrected chi connectivity index (χ4v) is 0.919. The first-order valence-corrected chi connectivity index (χ1v) is 4.99. The lowest BCUT2D eigenvalue weighted by atomic mass is 10.2. The van der Waals surface area contributed by atoms with Crippen LogP contribution in [0.1, 0.15) is 39.5 Å². The Morgan fingerprint density at radius 1 is 1.50 bits per heavy atom. The maximum Gasteiger partial charge on any atom is 0.306 e. The Kier molecular flexibility index (Phi) is 7.26. The van der Waals surface area contributed by atoms with E-state index in [1.807, 2.05) is 13.8 Å². The molecule has 0 aliphatic rings. The summed E-state index contributed by atoms with van der Waals surface area (Å²) in [5, 5.41) is 0. The molecule has 72 valence electrons. The number of alkyl halides is 1. The Labute approximate surface area is 79.2 Å². The van der Waals surface area contributed by atoms with E-state index in [-0.39, 0.29) is 12.1 Å². The predicted molar refractivity (Wildman–Crippen MR) is 50.4 cm³/mol. The van der Waals surface area contributed by atoms with Crippen molar-refractivity contribution < 1.29 is 9.53 Å². The molecule has 2 nitrogen and oxygen atoms in total. The van der Waals surface area contributed by atoms with Gasteiger partial charge in [-0.2, -0.15) is 0 Å². The summed E-state index contributed by atoms with van der Waals surface area (Å²) in [5.74, 6) is 0.519. The van der Waals surface area contributed by atoms with Crippen molar-refractivity contribution in [2.75, 3.05) is 5.88 Å². The van der Waals surface area contributed by atoms with Crippen LogP contribution in [0.25, 0.3) is 0 Å². The van der Waals surface area contributed by atoms with E-state index in [0.717, 1.165) is 19.3 Å². The van der Waals surface area contributed by atoms with Crippen molar-refractivity contribution in [3.8, 4) is 0 Å². The minimum absolute atomic E-state index is 0.0495. The van der Waals surface area contributed by atoms with E-state index in [0.29, 0.717) is 12.3 Å². The van der Waals surface area contributed by atoms with Gasteiger partial charge in [-0.15, -0.1) is 11.6 Å². The molecule has 0 saturated carbocycles. The number of rotatable bonds is 6. The van der Waals surface area contributed by atoms with Crippen LogP contribution in [0, 0.1) is 0 Å². The summed E-state index contributed by atoms with van der Waals surface area (Å²) in [5.41, 5.74) is 0. The molecular formula is C9H17ClO2. The third kappa shape index (κ3) is 6.47. The number of carbonyl (C=O) groups excluding carboxylic acids is 1. The van der Waals surface area contributed by atoms with E-state index in [1.165, 1.54) is 0 Å². The second kappa shape index (κ2) is 7.41. The molecule has 12 heavy (non-hydrogen) atoms. The van der Waals surface area contributed by atoms with Crippen molar-refractivity contribution in [1.82, 2.24) is 0 Å². The van der Waals surface area contributed by atoms with Gasteiger partial charge in [-0.05, 0) is 26.2 Å². The fraction of sp³-hybridized carbons (Fsp3) is 0.889. The van der Waals surface area contributed by atoms with Gasteiger partial charge in [0, 0.05) is 12.3 Å². The van der Waals surface area contributed by atoms with Gasteiger partial charge in [0.25, 0.3) is 0 Å². The third-order valence-corrected chi connectivity index (χ3v) is 1.94. The van der Waals surface area contributed by atoms with Crippen molar-refractivity contribution in [2.24, 2.45) is 0 Å². The van der Waals surface area contributed by atoms with Gasteiger partial charge in [-0.1, -0.05) is 6.92 Å². The van der Waals surface area contributed by atoms with Gasteiger partial charge < -0.3 is 4.74 Å². The zero-order valence-corrected chi connectivity index (χ0v) is 8.56. The summed E-state index contributed by atoms with van der Waals surface area (Å²) in [6.07, 6.45) is 3.14. The van der Waals surface area contributed by atoms with Gasteiger partial charge in [-0.3, -0.25) is 4.79 Å². The van der Waals surface area contributed by atoms with Gasteiger partial charge in [0.05, 0.1) is 6.10 Å². The normalized spacial score (nSPS) is 12.6. The average Bonchev–Trinajstić information content (AvgIpc) is 2.05. The van der Waals surface area contributed by atoms with Crippen LogP contribution in [0.2, 0.25) is 0 Å².